The SMILES string of the molecule is CC(=O)O.Cc1cc(OCC(=O)NCCN)cc(C)c1Cc1ccc(O)c(C(C)C)c1. The average Bonchev–Trinajstić information content (AvgIpc) is 2.68. The first-order valence-corrected chi connectivity index (χ1v) is 10.3. The molecule has 0 unspecified atom stereocenters. The molecule has 0 aliphatic rings. The molecule has 31 heavy (non-hydrogen) atoms. The van der Waals surface area contributed by atoms with Gasteiger partial charge in [-0.25, -0.2) is 0 Å². The Morgan fingerprint density at radius 1 is 1.13 bits per heavy atom. The van der Waals surface area contributed by atoms with Crippen molar-refractivity contribution in [2.24, 2.45) is 5.73 Å². The first kappa shape index (κ1) is 26.0. The van der Waals surface area contributed by atoms with Gasteiger partial charge in [0, 0.05) is 20.0 Å². The molecule has 0 aromatic heterocycles. The highest BCUT2D eigenvalue weighted by atomic mass is 16.5. The van der Waals surface area contributed by atoms with Gasteiger partial charge in [-0.15, -0.1) is 0 Å². The number of nitrogens with two attached hydrogens (primary N) is 1. The molecule has 0 fully saturated rings. The molecular weight excluding hydrogens is 396 g/mol. The Balaban J connectivity index is 0.00000110. The first-order chi connectivity index (χ1) is 14.5. The number of carbonyl (C=O) groups excluding carboxylic acids is 1. The van der Waals surface area contributed by atoms with Gasteiger partial charge in [-0.1, -0.05) is 26.0 Å². The summed E-state index contributed by atoms with van der Waals surface area (Å²) in [4.78, 5) is 20.7. The lowest BCUT2D eigenvalue weighted by molar-refractivity contribution is -0.134. The van der Waals surface area contributed by atoms with Crippen LogP contribution in [0.5, 0.6) is 11.5 Å². The van der Waals surface area contributed by atoms with Crippen LogP contribution in [0, 0.1) is 13.8 Å². The number of nitrogens with one attached hydrogen (secondary N) is 1. The standard InChI is InChI=1S/C22H30N2O3.C2H4O2/c1-14(2)19-11-17(5-6-21(19)25)12-20-15(3)9-18(10-16(20)4)27-13-22(26)24-8-7-23;1-2(3)4/h5-6,9-11,14,25H,7-8,12-13,23H2,1-4H3,(H,24,26);1H3,(H,3,4). The minimum atomic E-state index is -0.833. The Hall–Kier alpha value is -3.06. The lowest BCUT2D eigenvalue weighted by atomic mass is 9.93. The van der Waals surface area contributed by atoms with Crippen LogP contribution in [0.25, 0.3) is 0 Å². The number of ether oxygens (including phenoxy) is 1. The molecule has 0 saturated carbocycles. The van der Waals surface area contributed by atoms with Gasteiger partial charge in [-0.05, 0) is 72.2 Å². The number of aromatic hydroxyl groups is 1. The monoisotopic (exact) mass is 430 g/mol. The summed E-state index contributed by atoms with van der Waals surface area (Å²) in [6, 6.07) is 9.73. The summed E-state index contributed by atoms with van der Waals surface area (Å²) >= 11 is 0. The van der Waals surface area contributed by atoms with Crippen LogP contribution in [-0.4, -0.2) is 41.8 Å². The third kappa shape index (κ3) is 9.09. The van der Waals surface area contributed by atoms with Crippen molar-refractivity contribution in [1.29, 1.82) is 0 Å². The smallest absolute Gasteiger partial charge is 0.300 e. The van der Waals surface area contributed by atoms with Crippen LogP contribution in [0.15, 0.2) is 30.3 Å². The van der Waals surface area contributed by atoms with Crippen LogP contribution in [0.1, 0.15) is 54.5 Å². The number of aliphatic carboxylic acids is 1. The van der Waals surface area contributed by atoms with Gasteiger partial charge in [-0.3, -0.25) is 9.59 Å². The van der Waals surface area contributed by atoms with Gasteiger partial charge in [0.1, 0.15) is 11.5 Å². The third-order valence-corrected chi connectivity index (χ3v) is 4.60. The fraction of sp³-hybridized carbons (Fsp3) is 0.417. The summed E-state index contributed by atoms with van der Waals surface area (Å²) in [5.41, 5.74) is 11.0. The summed E-state index contributed by atoms with van der Waals surface area (Å²) in [7, 11) is 0. The van der Waals surface area contributed by atoms with E-state index in [0.29, 0.717) is 24.6 Å². The molecule has 5 N–H and O–H groups in total. The van der Waals surface area contributed by atoms with E-state index >= 15 is 0 Å². The van der Waals surface area contributed by atoms with Crippen LogP contribution >= 0.6 is 0 Å². The number of carboxylic acid groups (broad SMARTS) is 1. The Bertz CT molecular complexity index is 867. The highest BCUT2D eigenvalue weighted by Crippen LogP contribution is 2.29. The fourth-order valence-electron chi connectivity index (χ4n) is 3.11. The summed E-state index contributed by atoms with van der Waals surface area (Å²) < 4.78 is 5.61. The third-order valence-electron chi connectivity index (χ3n) is 4.60. The second-order valence-electron chi connectivity index (χ2n) is 7.71. The van der Waals surface area contributed by atoms with Gasteiger partial charge in [0.25, 0.3) is 11.9 Å². The molecule has 0 aliphatic heterocycles. The number of benzene rings is 2. The Morgan fingerprint density at radius 2 is 1.71 bits per heavy atom. The van der Waals surface area contributed by atoms with Crippen molar-refractivity contribution >= 4 is 11.9 Å². The number of hydrogen-bond donors (Lipinski definition) is 4. The highest BCUT2D eigenvalue weighted by molar-refractivity contribution is 5.77. The Labute approximate surface area is 184 Å². The maximum Gasteiger partial charge on any atom is 0.300 e. The van der Waals surface area contributed by atoms with E-state index in [1.54, 1.807) is 6.07 Å². The second kappa shape index (κ2) is 12.6. The van der Waals surface area contributed by atoms with E-state index in [-0.39, 0.29) is 18.4 Å². The second-order valence-corrected chi connectivity index (χ2v) is 7.71. The summed E-state index contributed by atoms with van der Waals surface area (Å²) in [6.07, 6.45) is 0.787. The molecule has 0 aliphatic carbocycles. The zero-order valence-electron chi connectivity index (χ0n) is 19.0. The van der Waals surface area contributed by atoms with Crippen molar-refractivity contribution in [3.8, 4) is 11.5 Å². The molecule has 0 radical (unpaired) electrons. The molecule has 0 heterocycles. The van der Waals surface area contributed by atoms with Gasteiger partial charge in [0.2, 0.25) is 0 Å². The van der Waals surface area contributed by atoms with Gasteiger partial charge < -0.3 is 26.0 Å². The minimum absolute atomic E-state index is 0.0199. The lowest BCUT2D eigenvalue weighted by Gasteiger charge is -2.15. The van der Waals surface area contributed by atoms with Gasteiger partial charge >= 0.3 is 0 Å². The van der Waals surface area contributed by atoms with E-state index in [4.69, 9.17) is 20.4 Å². The minimum Gasteiger partial charge on any atom is -0.508 e. The molecule has 7 nitrogen and oxygen atoms in total. The number of phenols is 1. The van der Waals surface area contributed by atoms with Gasteiger partial charge in [0.15, 0.2) is 6.61 Å². The molecule has 0 saturated heterocycles. The molecule has 7 heteroatoms. The fourth-order valence-corrected chi connectivity index (χ4v) is 3.11. The predicted molar refractivity (Wildman–Crippen MR) is 122 cm³/mol. The van der Waals surface area contributed by atoms with E-state index in [2.05, 4.69) is 25.2 Å². The summed E-state index contributed by atoms with van der Waals surface area (Å²) in [6.45, 7) is 10.2. The molecule has 1 amide bonds. The zero-order chi connectivity index (χ0) is 23.6. The Morgan fingerprint density at radius 3 is 2.23 bits per heavy atom. The number of carbonyl (C=O) groups is 2. The van der Waals surface area contributed by atoms with E-state index in [9.17, 15) is 9.90 Å². The van der Waals surface area contributed by atoms with E-state index in [1.165, 1.54) is 5.56 Å². The molecule has 0 spiro atoms. The number of carboxylic acids is 1. The summed E-state index contributed by atoms with van der Waals surface area (Å²) in [5.74, 6) is 0.294. The molecule has 170 valence electrons. The predicted octanol–water partition coefficient (Wildman–Crippen LogP) is 3.27. The maximum absolute atomic E-state index is 11.7. The van der Waals surface area contributed by atoms with E-state index < -0.39 is 5.97 Å². The number of hydrogen-bond acceptors (Lipinski definition) is 5. The van der Waals surface area contributed by atoms with Crippen molar-refractivity contribution in [1.82, 2.24) is 5.32 Å². The van der Waals surface area contributed by atoms with Crippen molar-refractivity contribution in [3.63, 3.8) is 0 Å². The summed E-state index contributed by atoms with van der Waals surface area (Å²) in [5, 5.41) is 20.1. The number of amides is 1. The Kier molecular flexibility index (Phi) is 10.6. The molecule has 0 bridgehead atoms. The van der Waals surface area contributed by atoms with Crippen LogP contribution in [0.4, 0.5) is 0 Å². The normalized spacial score (nSPS) is 10.3. The highest BCUT2D eigenvalue weighted by Gasteiger charge is 2.11. The number of rotatable bonds is 8. The van der Waals surface area contributed by atoms with E-state index in [1.807, 2.05) is 32.0 Å². The zero-order valence-corrected chi connectivity index (χ0v) is 19.0. The maximum atomic E-state index is 11.7. The van der Waals surface area contributed by atoms with Crippen LogP contribution in [0.3, 0.4) is 0 Å². The van der Waals surface area contributed by atoms with Crippen molar-refractivity contribution in [2.75, 3.05) is 19.7 Å². The van der Waals surface area contributed by atoms with Crippen molar-refractivity contribution in [2.45, 2.75) is 47.0 Å². The lowest BCUT2D eigenvalue weighted by Crippen LogP contribution is -2.32. The average molecular weight is 431 g/mol. The first-order valence-electron chi connectivity index (χ1n) is 10.3. The molecular formula is C24H34N2O5. The molecule has 0 atom stereocenters. The van der Waals surface area contributed by atoms with Crippen LogP contribution in [0.2, 0.25) is 0 Å². The van der Waals surface area contributed by atoms with Gasteiger partial charge in [0.05, 0.1) is 0 Å². The van der Waals surface area contributed by atoms with E-state index in [0.717, 1.165) is 35.6 Å². The number of phenolic OH excluding ortho intramolecular Hbond substituents is 1. The quantitative estimate of drug-likeness (QED) is 0.510. The largest absolute Gasteiger partial charge is 0.508 e. The van der Waals surface area contributed by atoms with Crippen molar-refractivity contribution < 1.29 is 24.5 Å². The number of aryl methyl sites for hydroxylation is 2. The van der Waals surface area contributed by atoms with Crippen molar-refractivity contribution in [3.05, 3.63) is 58.1 Å². The topological polar surface area (TPSA) is 122 Å². The van der Waals surface area contributed by atoms with Crippen LogP contribution < -0.4 is 15.8 Å². The van der Waals surface area contributed by atoms with Crippen LogP contribution in [-0.2, 0) is 16.0 Å². The van der Waals surface area contributed by atoms with Gasteiger partial charge in [-0.2, -0.15) is 0 Å². The molecule has 2 aromatic carbocycles. The molecule has 2 aromatic rings. The molecule has 2 rings (SSSR count).